The summed E-state index contributed by atoms with van der Waals surface area (Å²) in [5.74, 6) is 3.94. The zero-order valence-electron chi connectivity index (χ0n) is 13.8. The number of aryl methyl sites for hydroxylation is 2. The summed E-state index contributed by atoms with van der Waals surface area (Å²) in [4.78, 5) is 11.4. The van der Waals surface area contributed by atoms with Gasteiger partial charge in [0, 0.05) is 42.9 Å². The van der Waals surface area contributed by atoms with E-state index in [1.165, 1.54) is 11.5 Å². The average Bonchev–Trinajstić information content (AvgIpc) is 2.53. The lowest BCUT2D eigenvalue weighted by molar-refractivity contribution is 0.126. The normalized spacial score (nSPS) is 17.2. The highest BCUT2D eigenvalue weighted by Crippen LogP contribution is 2.17. The van der Waals surface area contributed by atoms with E-state index in [4.69, 9.17) is 4.74 Å². The Morgan fingerprint density at radius 3 is 2.86 bits per heavy atom. The maximum atomic E-state index is 6.20. The Morgan fingerprint density at radius 1 is 1.41 bits per heavy atom. The molecule has 4 nitrogen and oxygen atoms in total. The quantitative estimate of drug-likeness (QED) is 0.688. The molecule has 0 radical (unpaired) electrons. The van der Waals surface area contributed by atoms with Gasteiger partial charge < -0.3 is 4.74 Å². The highest BCUT2D eigenvalue weighted by molar-refractivity contribution is 7.99. The van der Waals surface area contributed by atoms with Crippen molar-refractivity contribution in [1.29, 1.82) is 0 Å². The zero-order valence-corrected chi connectivity index (χ0v) is 14.6. The molecule has 0 amide bonds. The van der Waals surface area contributed by atoms with Gasteiger partial charge in [0.2, 0.25) is 5.88 Å². The lowest BCUT2D eigenvalue weighted by Gasteiger charge is -2.30. The largest absolute Gasteiger partial charge is 0.473 e. The van der Waals surface area contributed by atoms with Crippen molar-refractivity contribution >= 4 is 11.8 Å². The zero-order chi connectivity index (χ0) is 15.8. The monoisotopic (exact) mass is 321 g/mol. The van der Waals surface area contributed by atoms with Crippen molar-refractivity contribution < 1.29 is 4.74 Å². The van der Waals surface area contributed by atoms with Gasteiger partial charge in [-0.1, -0.05) is 13.0 Å². The van der Waals surface area contributed by atoms with E-state index in [0.717, 1.165) is 50.4 Å². The Balaban J connectivity index is 2.01. The fraction of sp³-hybridized carbons (Fsp3) is 0.647. The number of rotatable bonds is 8. The first-order valence-electron chi connectivity index (χ1n) is 8.13. The summed E-state index contributed by atoms with van der Waals surface area (Å²) >= 11 is 2.04. The molecule has 1 atom stereocenters. The average molecular weight is 321 g/mol. The maximum Gasteiger partial charge on any atom is 0.217 e. The second-order valence-electron chi connectivity index (χ2n) is 5.62. The first-order chi connectivity index (χ1) is 10.7. The highest BCUT2D eigenvalue weighted by Gasteiger charge is 2.18. The molecule has 22 heavy (non-hydrogen) atoms. The number of allylic oxidation sites excluding steroid dienone is 1. The van der Waals surface area contributed by atoms with E-state index < -0.39 is 0 Å². The second-order valence-corrected chi connectivity index (χ2v) is 6.84. The minimum Gasteiger partial charge on any atom is -0.473 e. The van der Waals surface area contributed by atoms with E-state index in [1.54, 1.807) is 0 Å². The molecule has 0 bridgehead atoms. The number of ether oxygens (including phenoxy) is 1. The molecular formula is C17H27N3OS. The van der Waals surface area contributed by atoms with E-state index in [-0.39, 0.29) is 6.10 Å². The Hall–Kier alpha value is -1.07. The molecule has 1 aromatic rings. The van der Waals surface area contributed by atoms with Gasteiger partial charge in [-0.05, 0) is 26.2 Å². The highest BCUT2D eigenvalue weighted by atomic mass is 32.2. The van der Waals surface area contributed by atoms with Crippen molar-refractivity contribution in [2.75, 3.05) is 31.1 Å². The van der Waals surface area contributed by atoms with Gasteiger partial charge in [0.25, 0.3) is 0 Å². The van der Waals surface area contributed by atoms with E-state index in [0.29, 0.717) is 5.88 Å². The Morgan fingerprint density at radius 2 is 2.18 bits per heavy atom. The van der Waals surface area contributed by atoms with Crippen LogP contribution in [-0.4, -0.2) is 52.1 Å². The van der Waals surface area contributed by atoms with Gasteiger partial charge in [-0.2, -0.15) is 16.7 Å². The number of aromatic nitrogens is 2. The van der Waals surface area contributed by atoms with Crippen LogP contribution in [0.2, 0.25) is 0 Å². The predicted molar refractivity (Wildman–Crippen MR) is 93.8 cm³/mol. The van der Waals surface area contributed by atoms with Crippen LogP contribution in [0.3, 0.4) is 0 Å². The van der Waals surface area contributed by atoms with Gasteiger partial charge in [0.1, 0.15) is 11.9 Å². The maximum absolute atomic E-state index is 6.20. The molecule has 0 aromatic carbocycles. The first kappa shape index (κ1) is 17.3. The third kappa shape index (κ3) is 5.61. The summed E-state index contributed by atoms with van der Waals surface area (Å²) in [7, 11) is 0. The van der Waals surface area contributed by atoms with Gasteiger partial charge in [-0.3, -0.25) is 4.90 Å². The molecule has 0 aliphatic carbocycles. The Labute approximate surface area is 138 Å². The van der Waals surface area contributed by atoms with Crippen LogP contribution in [-0.2, 0) is 6.42 Å². The molecule has 0 unspecified atom stereocenters. The van der Waals surface area contributed by atoms with E-state index in [9.17, 15) is 0 Å². The molecule has 0 saturated carbocycles. The van der Waals surface area contributed by atoms with E-state index >= 15 is 0 Å². The fourth-order valence-electron chi connectivity index (χ4n) is 2.57. The summed E-state index contributed by atoms with van der Waals surface area (Å²) in [5.41, 5.74) is 1.04. The lowest BCUT2D eigenvalue weighted by Crippen LogP contribution is -2.40. The molecule has 2 rings (SSSR count). The van der Waals surface area contributed by atoms with Gasteiger partial charge in [-0.15, -0.1) is 6.58 Å². The molecular weight excluding hydrogens is 294 g/mol. The molecule has 1 saturated heterocycles. The van der Waals surface area contributed by atoms with Gasteiger partial charge in [0.05, 0.1) is 0 Å². The summed E-state index contributed by atoms with van der Waals surface area (Å²) in [6.45, 7) is 11.1. The van der Waals surface area contributed by atoms with Crippen LogP contribution in [0.25, 0.3) is 0 Å². The molecule has 0 spiro atoms. The molecule has 1 aromatic heterocycles. The summed E-state index contributed by atoms with van der Waals surface area (Å²) in [6.07, 6.45) is 4.99. The van der Waals surface area contributed by atoms with Crippen LogP contribution in [0.5, 0.6) is 5.88 Å². The summed E-state index contributed by atoms with van der Waals surface area (Å²) < 4.78 is 6.20. The van der Waals surface area contributed by atoms with E-state index in [1.807, 2.05) is 30.8 Å². The third-order valence-corrected chi connectivity index (χ3v) is 4.72. The van der Waals surface area contributed by atoms with Crippen molar-refractivity contribution in [3.05, 3.63) is 30.2 Å². The van der Waals surface area contributed by atoms with Gasteiger partial charge in [-0.25, -0.2) is 4.98 Å². The van der Waals surface area contributed by atoms with Crippen LogP contribution in [0.15, 0.2) is 18.7 Å². The number of hydrogen-bond donors (Lipinski definition) is 0. The number of thioether (sulfide) groups is 1. The Kier molecular flexibility index (Phi) is 7.19. The number of nitrogens with zero attached hydrogens (tertiary/aromatic N) is 3. The third-order valence-electron chi connectivity index (χ3n) is 3.78. The second kappa shape index (κ2) is 9.16. The van der Waals surface area contributed by atoms with Crippen LogP contribution >= 0.6 is 11.8 Å². The van der Waals surface area contributed by atoms with Crippen molar-refractivity contribution in [3.8, 4) is 5.88 Å². The van der Waals surface area contributed by atoms with Crippen LogP contribution < -0.4 is 4.74 Å². The predicted octanol–water partition coefficient (Wildman–Crippen LogP) is 3.11. The topological polar surface area (TPSA) is 38.2 Å². The molecule has 1 aliphatic rings. The van der Waals surface area contributed by atoms with Crippen molar-refractivity contribution in [2.24, 2.45) is 0 Å². The minimum atomic E-state index is 0.167. The summed E-state index contributed by atoms with van der Waals surface area (Å²) in [5, 5.41) is 0. The smallest absolute Gasteiger partial charge is 0.217 e. The van der Waals surface area contributed by atoms with Crippen LogP contribution in [0, 0.1) is 6.92 Å². The molecule has 1 aliphatic heterocycles. The fourth-order valence-corrected chi connectivity index (χ4v) is 3.55. The SMILES string of the molecule is C=CCC[C@H](CN1CCSCC1)Oc1cc(CC)nc(C)n1. The first-order valence-corrected chi connectivity index (χ1v) is 9.29. The van der Waals surface area contributed by atoms with Crippen LogP contribution in [0.1, 0.15) is 31.3 Å². The van der Waals surface area contributed by atoms with Crippen molar-refractivity contribution in [2.45, 2.75) is 39.2 Å². The van der Waals surface area contributed by atoms with Crippen molar-refractivity contribution in [1.82, 2.24) is 14.9 Å². The minimum absolute atomic E-state index is 0.167. The number of hydrogen-bond acceptors (Lipinski definition) is 5. The molecule has 0 N–H and O–H groups in total. The molecule has 122 valence electrons. The Bertz CT molecular complexity index is 475. The molecule has 2 heterocycles. The molecule has 1 fully saturated rings. The standard InChI is InChI=1S/C17H27N3OS/c1-4-6-7-16(13-20-8-10-22-11-9-20)21-17-12-15(5-2)18-14(3)19-17/h4,12,16H,1,5-11,13H2,2-3H3/t16-/m1/s1. The lowest BCUT2D eigenvalue weighted by atomic mass is 10.2. The van der Waals surface area contributed by atoms with Gasteiger partial charge in [0.15, 0.2) is 0 Å². The van der Waals surface area contributed by atoms with E-state index in [2.05, 4.69) is 28.4 Å². The molecule has 5 heteroatoms. The summed E-state index contributed by atoms with van der Waals surface area (Å²) in [6, 6.07) is 1.97. The van der Waals surface area contributed by atoms with Crippen molar-refractivity contribution in [3.63, 3.8) is 0 Å². The van der Waals surface area contributed by atoms with Gasteiger partial charge >= 0.3 is 0 Å². The van der Waals surface area contributed by atoms with Crippen LogP contribution in [0.4, 0.5) is 0 Å².